The van der Waals surface area contributed by atoms with Gasteiger partial charge in [0.05, 0.1) is 10.5 Å². The molecule has 1 saturated heterocycles. The van der Waals surface area contributed by atoms with Crippen molar-refractivity contribution in [3.63, 3.8) is 0 Å². The first-order valence-electron chi connectivity index (χ1n) is 8.41. The van der Waals surface area contributed by atoms with E-state index in [4.69, 9.17) is 17.5 Å². The smallest absolute Gasteiger partial charge is 0.247 e. The van der Waals surface area contributed by atoms with Crippen molar-refractivity contribution in [3.8, 4) is 0 Å². The molecule has 9 nitrogen and oxygen atoms in total. The Bertz CT molecular complexity index is 493. The van der Waals surface area contributed by atoms with Gasteiger partial charge in [0.2, 0.25) is 17.7 Å². The first-order chi connectivity index (χ1) is 12.9. The van der Waals surface area contributed by atoms with Gasteiger partial charge in [-0.05, 0) is 6.42 Å². The maximum absolute atomic E-state index is 11.8. The maximum atomic E-state index is 11.8. The molecule has 27 heavy (non-hydrogen) atoms. The number of carbonyl (C=O) groups is 3. The highest BCUT2D eigenvalue weighted by Crippen LogP contribution is 2.35. The fourth-order valence-corrected chi connectivity index (χ4v) is 8.31. The molecule has 4 unspecified atom stereocenters. The minimum Gasteiger partial charge on any atom is -0.294 e. The molecule has 0 aliphatic carbocycles. The Kier molecular flexibility index (Phi) is 12.6. The van der Waals surface area contributed by atoms with Gasteiger partial charge < -0.3 is 0 Å². The number of hydrogen-bond acceptors (Lipinski definition) is 10. The standard InChI is InChI=1S/C14H28N6O3S4/c1-2-10(13(22)19-16)26-6-8-4-25-9(5-24-8)7-27-11(14(23)20-17)3-12(21)18-15/h8-11H,2-7,15-17H2,1H3,(H,18,21)(H,19,22)(H,20,23). The second-order valence-corrected chi connectivity index (χ2v) is 10.9. The summed E-state index contributed by atoms with van der Waals surface area (Å²) in [5.74, 6) is 18.2. The summed E-state index contributed by atoms with van der Waals surface area (Å²) in [6.07, 6.45) is 0.744. The van der Waals surface area contributed by atoms with Crippen molar-refractivity contribution in [3.05, 3.63) is 0 Å². The fraction of sp³-hybridized carbons (Fsp3) is 0.786. The molecular formula is C14H28N6O3S4. The average molecular weight is 457 g/mol. The Morgan fingerprint density at radius 2 is 1.41 bits per heavy atom. The molecule has 0 bridgehead atoms. The molecule has 3 amide bonds. The Hall–Kier alpha value is -0.310. The van der Waals surface area contributed by atoms with E-state index < -0.39 is 11.2 Å². The van der Waals surface area contributed by atoms with Crippen molar-refractivity contribution in [2.24, 2.45) is 17.5 Å². The number of hydrazine groups is 3. The van der Waals surface area contributed by atoms with Gasteiger partial charge in [0.25, 0.3) is 0 Å². The minimum atomic E-state index is -0.558. The zero-order valence-electron chi connectivity index (χ0n) is 15.1. The summed E-state index contributed by atoms with van der Waals surface area (Å²) < 4.78 is 0. The molecule has 0 aromatic heterocycles. The van der Waals surface area contributed by atoms with Crippen molar-refractivity contribution in [2.45, 2.75) is 40.8 Å². The van der Waals surface area contributed by atoms with Gasteiger partial charge in [-0.1, -0.05) is 6.92 Å². The molecule has 0 aromatic rings. The summed E-state index contributed by atoms with van der Waals surface area (Å²) >= 11 is 6.81. The van der Waals surface area contributed by atoms with Crippen molar-refractivity contribution in [2.75, 3.05) is 23.0 Å². The second kappa shape index (κ2) is 13.8. The molecule has 1 fully saturated rings. The minimum absolute atomic E-state index is 0.00436. The van der Waals surface area contributed by atoms with E-state index in [-0.39, 0.29) is 23.5 Å². The number of amides is 3. The largest absolute Gasteiger partial charge is 0.294 e. The molecule has 0 radical (unpaired) electrons. The van der Waals surface area contributed by atoms with Crippen LogP contribution in [0.1, 0.15) is 19.8 Å². The van der Waals surface area contributed by atoms with Crippen LogP contribution in [0.15, 0.2) is 0 Å². The highest BCUT2D eigenvalue weighted by atomic mass is 32.2. The average Bonchev–Trinajstić information content (AvgIpc) is 2.71. The van der Waals surface area contributed by atoms with Gasteiger partial charge in [0.15, 0.2) is 0 Å². The first kappa shape index (κ1) is 24.7. The van der Waals surface area contributed by atoms with Crippen molar-refractivity contribution in [1.29, 1.82) is 0 Å². The van der Waals surface area contributed by atoms with Crippen LogP contribution in [-0.2, 0) is 14.4 Å². The lowest BCUT2D eigenvalue weighted by molar-refractivity contribution is -0.126. The van der Waals surface area contributed by atoms with Crippen molar-refractivity contribution >= 4 is 64.8 Å². The lowest BCUT2D eigenvalue weighted by atomic mass is 10.3. The van der Waals surface area contributed by atoms with E-state index in [0.29, 0.717) is 10.5 Å². The van der Waals surface area contributed by atoms with Gasteiger partial charge in [-0.25, -0.2) is 17.5 Å². The summed E-state index contributed by atoms with van der Waals surface area (Å²) in [5, 5.41) is 0.201. The van der Waals surface area contributed by atoms with Crippen LogP contribution in [0, 0.1) is 0 Å². The highest BCUT2D eigenvalue weighted by Gasteiger charge is 2.27. The van der Waals surface area contributed by atoms with Crippen molar-refractivity contribution in [1.82, 2.24) is 16.3 Å². The topological polar surface area (TPSA) is 165 Å². The van der Waals surface area contributed by atoms with Crippen LogP contribution in [0.5, 0.6) is 0 Å². The number of hydrogen-bond donors (Lipinski definition) is 6. The number of carbonyl (C=O) groups excluding carboxylic acids is 3. The van der Waals surface area contributed by atoms with Crippen molar-refractivity contribution < 1.29 is 14.4 Å². The molecule has 9 N–H and O–H groups in total. The van der Waals surface area contributed by atoms with E-state index in [0.717, 1.165) is 29.4 Å². The van der Waals surface area contributed by atoms with E-state index in [1.807, 2.05) is 35.9 Å². The van der Waals surface area contributed by atoms with Crippen LogP contribution >= 0.6 is 47.0 Å². The van der Waals surface area contributed by atoms with Gasteiger partial charge in [-0.15, -0.1) is 23.5 Å². The highest BCUT2D eigenvalue weighted by molar-refractivity contribution is 8.09. The quantitative estimate of drug-likeness (QED) is 0.131. The Morgan fingerprint density at radius 1 is 0.926 bits per heavy atom. The Morgan fingerprint density at radius 3 is 1.81 bits per heavy atom. The van der Waals surface area contributed by atoms with Crippen LogP contribution < -0.4 is 33.8 Å². The van der Waals surface area contributed by atoms with Crippen LogP contribution in [0.3, 0.4) is 0 Å². The molecule has 1 aliphatic heterocycles. The van der Waals surface area contributed by atoms with E-state index in [1.54, 1.807) is 11.8 Å². The maximum Gasteiger partial charge on any atom is 0.247 e. The SMILES string of the molecule is CCC(SCC1CSC(CSC(CC(=O)NN)C(=O)NN)CS1)C(=O)NN. The van der Waals surface area contributed by atoms with Crippen LogP contribution in [-0.4, -0.2) is 61.7 Å². The predicted octanol–water partition coefficient (Wildman–Crippen LogP) is -0.823. The molecule has 156 valence electrons. The summed E-state index contributed by atoms with van der Waals surface area (Å²) in [5.41, 5.74) is 6.35. The van der Waals surface area contributed by atoms with Gasteiger partial charge in [0.1, 0.15) is 0 Å². The monoisotopic (exact) mass is 456 g/mol. The summed E-state index contributed by atoms with van der Waals surface area (Å²) in [4.78, 5) is 34.9. The summed E-state index contributed by atoms with van der Waals surface area (Å²) in [7, 11) is 0. The second-order valence-electron chi connectivity index (χ2n) is 5.75. The molecule has 0 saturated carbocycles. The zero-order valence-corrected chi connectivity index (χ0v) is 18.4. The number of nitrogens with one attached hydrogen (secondary N) is 3. The Balaban J connectivity index is 2.35. The molecule has 4 atom stereocenters. The third-order valence-corrected chi connectivity index (χ3v) is 10.3. The molecule has 1 aliphatic rings. The summed E-state index contributed by atoms with van der Waals surface area (Å²) in [6, 6.07) is 0. The van der Waals surface area contributed by atoms with E-state index in [2.05, 4.69) is 10.9 Å². The van der Waals surface area contributed by atoms with Gasteiger partial charge in [-0.2, -0.15) is 23.5 Å². The van der Waals surface area contributed by atoms with E-state index in [1.165, 1.54) is 11.8 Å². The normalized spacial score (nSPS) is 21.8. The zero-order chi connectivity index (χ0) is 20.2. The number of rotatable bonds is 11. The van der Waals surface area contributed by atoms with Gasteiger partial charge in [0, 0.05) is 39.9 Å². The van der Waals surface area contributed by atoms with Crippen LogP contribution in [0.2, 0.25) is 0 Å². The molecule has 13 heteroatoms. The van der Waals surface area contributed by atoms with E-state index in [9.17, 15) is 14.4 Å². The predicted molar refractivity (Wildman–Crippen MR) is 117 cm³/mol. The Labute approximate surface area is 176 Å². The number of nitrogens with two attached hydrogens (primary N) is 3. The molecular weight excluding hydrogens is 428 g/mol. The number of thioether (sulfide) groups is 4. The van der Waals surface area contributed by atoms with Gasteiger partial charge in [-0.3, -0.25) is 30.7 Å². The van der Waals surface area contributed by atoms with E-state index >= 15 is 0 Å². The molecule has 1 rings (SSSR count). The third kappa shape index (κ3) is 9.15. The van der Waals surface area contributed by atoms with Gasteiger partial charge >= 0.3 is 0 Å². The lowest BCUT2D eigenvalue weighted by Gasteiger charge is -2.29. The molecule has 0 aromatic carbocycles. The third-order valence-electron chi connectivity index (χ3n) is 3.77. The summed E-state index contributed by atoms with van der Waals surface area (Å²) in [6.45, 7) is 1.97. The van der Waals surface area contributed by atoms with Crippen LogP contribution in [0.4, 0.5) is 0 Å². The first-order valence-corrected chi connectivity index (χ1v) is 12.6. The molecule has 1 heterocycles. The van der Waals surface area contributed by atoms with Crippen LogP contribution in [0.25, 0.3) is 0 Å². The lowest BCUT2D eigenvalue weighted by Crippen LogP contribution is -2.42. The molecule has 0 spiro atoms. The fourth-order valence-electron chi connectivity index (χ4n) is 2.24.